The maximum Gasteiger partial charge on any atom is 0.188 e. The standard InChI is InChI=1S/C8H9N5S/c1-5-4-10-8(14-5)11-7-3-2-6(9)12-13-7/h2-4H,1H3,(H2,9,12)(H,10,11,13). The number of anilines is 3. The van der Waals surface area contributed by atoms with Gasteiger partial charge in [-0.05, 0) is 19.1 Å². The Balaban J connectivity index is 2.15. The molecule has 72 valence electrons. The lowest BCUT2D eigenvalue weighted by molar-refractivity contribution is 1.05. The number of nitrogen functional groups attached to an aromatic ring is 1. The van der Waals surface area contributed by atoms with Gasteiger partial charge in [0.15, 0.2) is 10.9 Å². The van der Waals surface area contributed by atoms with Gasteiger partial charge in [-0.1, -0.05) is 0 Å². The summed E-state index contributed by atoms with van der Waals surface area (Å²) in [5, 5.41) is 11.4. The van der Waals surface area contributed by atoms with Gasteiger partial charge in [-0.15, -0.1) is 21.5 Å². The van der Waals surface area contributed by atoms with E-state index in [0.717, 1.165) is 10.0 Å². The van der Waals surface area contributed by atoms with Gasteiger partial charge in [-0.2, -0.15) is 0 Å². The smallest absolute Gasteiger partial charge is 0.188 e. The van der Waals surface area contributed by atoms with Crippen LogP contribution in [-0.2, 0) is 0 Å². The van der Waals surface area contributed by atoms with Crippen molar-refractivity contribution in [3.8, 4) is 0 Å². The van der Waals surface area contributed by atoms with E-state index in [0.29, 0.717) is 11.6 Å². The second kappa shape index (κ2) is 3.59. The molecule has 0 aliphatic rings. The summed E-state index contributed by atoms with van der Waals surface area (Å²) in [6.45, 7) is 2.00. The fourth-order valence-corrected chi connectivity index (χ4v) is 1.60. The van der Waals surface area contributed by atoms with Crippen molar-refractivity contribution in [3.05, 3.63) is 23.2 Å². The summed E-state index contributed by atoms with van der Waals surface area (Å²) >= 11 is 1.57. The van der Waals surface area contributed by atoms with E-state index >= 15 is 0 Å². The summed E-state index contributed by atoms with van der Waals surface area (Å²) in [6, 6.07) is 3.45. The van der Waals surface area contributed by atoms with Gasteiger partial charge in [0, 0.05) is 11.1 Å². The zero-order valence-electron chi connectivity index (χ0n) is 7.56. The third-order valence-electron chi connectivity index (χ3n) is 1.54. The van der Waals surface area contributed by atoms with E-state index in [1.54, 1.807) is 29.7 Å². The highest BCUT2D eigenvalue weighted by Gasteiger charge is 1.99. The molecule has 0 radical (unpaired) electrons. The van der Waals surface area contributed by atoms with Crippen molar-refractivity contribution in [3.63, 3.8) is 0 Å². The summed E-state index contributed by atoms with van der Waals surface area (Å²) in [7, 11) is 0. The van der Waals surface area contributed by atoms with Crippen LogP contribution in [0, 0.1) is 6.92 Å². The number of nitrogens with two attached hydrogens (primary N) is 1. The normalized spacial score (nSPS) is 10.1. The first-order chi connectivity index (χ1) is 6.74. The fraction of sp³-hybridized carbons (Fsp3) is 0.125. The number of rotatable bonds is 2. The molecule has 2 rings (SSSR count). The quantitative estimate of drug-likeness (QED) is 0.781. The zero-order valence-corrected chi connectivity index (χ0v) is 8.38. The minimum absolute atomic E-state index is 0.408. The molecule has 2 aromatic heterocycles. The number of hydrogen-bond acceptors (Lipinski definition) is 6. The number of nitrogens with one attached hydrogen (secondary N) is 1. The molecule has 0 spiro atoms. The highest BCUT2D eigenvalue weighted by molar-refractivity contribution is 7.15. The highest BCUT2D eigenvalue weighted by atomic mass is 32.1. The molecule has 6 heteroatoms. The van der Waals surface area contributed by atoms with Crippen molar-refractivity contribution in [1.82, 2.24) is 15.2 Å². The molecule has 3 N–H and O–H groups in total. The average Bonchev–Trinajstić information content (AvgIpc) is 2.56. The Hall–Kier alpha value is -1.69. The molecule has 0 aliphatic heterocycles. The Kier molecular flexibility index (Phi) is 2.28. The Morgan fingerprint density at radius 1 is 1.36 bits per heavy atom. The Morgan fingerprint density at radius 2 is 2.21 bits per heavy atom. The average molecular weight is 207 g/mol. The lowest BCUT2D eigenvalue weighted by Crippen LogP contribution is -1.97. The molecule has 0 fully saturated rings. The van der Waals surface area contributed by atoms with Crippen LogP contribution >= 0.6 is 11.3 Å². The molecule has 14 heavy (non-hydrogen) atoms. The first-order valence-corrected chi connectivity index (χ1v) is 4.84. The first-order valence-electron chi connectivity index (χ1n) is 4.03. The number of aromatic nitrogens is 3. The van der Waals surface area contributed by atoms with E-state index in [4.69, 9.17) is 5.73 Å². The molecule has 0 aromatic carbocycles. The van der Waals surface area contributed by atoms with Crippen LogP contribution in [0.2, 0.25) is 0 Å². The van der Waals surface area contributed by atoms with Crippen LogP contribution in [0.25, 0.3) is 0 Å². The van der Waals surface area contributed by atoms with E-state index in [1.807, 2.05) is 6.92 Å². The van der Waals surface area contributed by atoms with E-state index in [1.165, 1.54) is 0 Å². The number of thiazole rings is 1. The number of hydrogen-bond donors (Lipinski definition) is 2. The van der Waals surface area contributed by atoms with Crippen molar-refractivity contribution in [2.75, 3.05) is 11.1 Å². The van der Waals surface area contributed by atoms with Crippen LogP contribution in [0.4, 0.5) is 16.8 Å². The molecule has 0 amide bonds. The lowest BCUT2D eigenvalue weighted by Gasteiger charge is -1.99. The first kappa shape index (κ1) is 8.89. The molecule has 0 aliphatic carbocycles. The minimum Gasteiger partial charge on any atom is -0.382 e. The Morgan fingerprint density at radius 3 is 2.79 bits per heavy atom. The summed E-state index contributed by atoms with van der Waals surface area (Å²) in [4.78, 5) is 5.29. The van der Waals surface area contributed by atoms with Crippen LogP contribution in [0.15, 0.2) is 18.3 Å². The molecule has 5 nitrogen and oxygen atoms in total. The molecule has 0 saturated heterocycles. The molecule has 2 heterocycles. The van der Waals surface area contributed by atoms with Crippen LogP contribution in [-0.4, -0.2) is 15.2 Å². The van der Waals surface area contributed by atoms with Gasteiger partial charge in [0.05, 0.1) is 0 Å². The van der Waals surface area contributed by atoms with Crippen molar-refractivity contribution in [2.45, 2.75) is 6.92 Å². The lowest BCUT2D eigenvalue weighted by atomic mass is 10.5. The topological polar surface area (TPSA) is 76.7 Å². The van der Waals surface area contributed by atoms with Gasteiger partial charge < -0.3 is 11.1 Å². The van der Waals surface area contributed by atoms with Gasteiger partial charge in [-0.3, -0.25) is 0 Å². The largest absolute Gasteiger partial charge is 0.382 e. The van der Waals surface area contributed by atoms with Crippen molar-refractivity contribution >= 4 is 28.1 Å². The molecule has 2 aromatic rings. The third kappa shape index (κ3) is 1.97. The van der Waals surface area contributed by atoms with E-state index in [9.17, 15) is 0 Å². The second-order valence-corrected chi connectivity index (χ2v) is 3.98. The van der Waals surface area contributed by atoms with Crippen LogP contribution in [0.1, 0.15) is 4.88 Å². The summed E-state index contributed by atoms with van der Waals surface area (Å²) < 4.78 is 0. The van der Waals surface area contributed by atoms with Crippen LogP contribution < -0.4 is 11.1 Å². The van der Waals surface area contributed by atoms with Crippen molar-refractivity contribution < 1.29 is 0 Å². The molecule has 0 atom stereocenters. The maximum atomic E-state index is 5.41. The van der Waals surface area contributed by atoms with Gasteiger partial charge >= 0.3 is 0 Å². The molecular formula is C8H9N5S. The number of aryl methyl sites for hydroxylation is 1. The van der Waals surface area contributed by atoms with Crippen molar-refractivity contribution in [1.29, 1.82) is 0 Å². The maximum absolute atomic E-state index is 5.41. The summed E-state index contributed by atoms with van der Waals surface area (Å²) in [5.74, 6) is 1.06. The van der Waals surface area contributed by atoms with Gasteiger partial charge in [0.25, 0.3) is 0 Å². The SMILES string of the molecule is Cc1cnc(Nc2ccc(N)nn2)s1. The monoisotopic (exact) mass is 207 g/mol. The Labute approximate surface area is 85.0 Å². The molecule has 0 unspecified atom stereocenters. The Bertz CT molecular complexity index is 422. The van der Waals surface area contributed by atoms with Crippen LogP contribution in [0.5, 0.6) is 0 Å². The van der Waals surface area contributed by atoms with Crippen LogP contribution in [0.3, 0.4) is 0 Å². The van der Waals surface area contributed by atoms with E-state index in [2.05, 4.69) is 20.5 Å². The van der Waals surface area contributed by atoms with Crippen molar-refractivity contribution in [2.24, 2.45) is 0 Å². The number of nitrogens with zero attached hydrogens (tertiary/aromatic N) is 3. The predicted octanol–water partition coefficient (Wildman–Crippen LogP) is 1.57. The van der Waals surface area contributed by atoms with E-state index in [-0.39, 0.29) is 0 Å². The van der Waals surface area contributed by atoms with Gasteiger partial charge in [0.2, 0.25) is 0 Å². The van der Waals surface area contributed by atoms with Gasteiger partial charge in [-0.25, -0.2) is 4.98 Å². The molecule has 0 bridgehead atoms. The highest BCUT2D eigenvalue weighted by Crippen LogP contribution is 2.20. The molecule has 0 saturated carbocycles. The molecular weight excluding hydrogens is 198 g/mol. The summed E-state index contributed by atoms with van der Waals surface area (Å²) in [5.41, 5.74) is 5.41. The van der Waals surface area contributed by atoms with Gasteiger partial charge in [0.1, 0.15) is 5.82 Å². The zero-order chi connectivity index (χ0) is 9.97. The fourth-order valence-electron chi connectivity index (χ4n) is 0.931. The third-order valence-corrected chi connectivity index (χ3v) is 2.37. The minimum atomic E-state index is 0.408. The summed E-state index contributed by atoms with van der Waals surface area (Å²) in [6.07, 6.45) is 1.80. The predicted molar refractivity (Wildman–Crippen MR) is 56.6 cm³/mol. The second-order valence-electron chi connectivity index (χ2n) is 2.74. The van der Waals surface area contributed by atoms with E-state index < -0.39 is 0 Å².